The lowest BCUT2D eigenvalue weighted by Gasteiger charge is -2.22. The Morgan fingerprint density at radius 3 is 2.19 bits per heavy atom. The minimum atomic E-state index is -0.431. The zero-order valence-electron chi connectivity index (χ0n) is 18.3. The van der Waals surface area contributed by atoms with E-state index in [4.69, 9.17) is 9.47 Å². The fraction of sp³-hybridized carbons (Fsp3) is 0.231. The zero-order chi connectivity index (χ0) is 22.8. The summed E-state index contributed by atoms with van der Waals surface area (Å²) < 4.78 is 10.9. The molecule has 0 heterocycles. The molecule has 0 atom stereocenters. The molecule has 32 heavy (non-hydrogen) atoms. The van der Waals surface area contributed by atoms with Gasteiger partial charge in [0.2, 0.25) is 5.91 Å². The third-order valence-corrected chi connectivity index (χ3v) is 5.55. The number of carbonyl (C=O) groups is 2. The number of ether oxygens (including phenoxy) is 2. The van der Waals surface area contributed by atoms with E-state index >= 15 is 0 Å². The highest BCUT2D eigenvalue weighted by Crippen LogP contribution is 2.22. The Bertz CT molecular complexity index is 1000. The van der Waals surface area contributed by atoms with Crippen LogP contribution in [0.2, 0.25) is 0 Å². The summed E-state index contributed by atoms with van der Waals surface area (Å²) in [6.07, 6.45) is 2.16. The summed E-state index contributed by atoms with van der Waals surface area (Å²) in [5.41, 5.74) is 2.61. The number of benzene rings is 3. The lowest BCUT2D eigenvalue weighted by molar-refractivity contribution is -0.142. The normalized spacial score (nSPS) is 10.4. The van der Waals surface area contributed by atoms with E-state index in [0.717, 1.165) is 21.8 Å². The Kier molecular flexibility index (Phi) is 8.75. The maximum atomic E-state index is 13.1. The second-order valence-electron chi connectivity index (χ2n) is 7.08. The van der Waals surface area contributed by atoms with Gasteiger partial charge in [-0.05, 0) is 60.7 Å². The number of rotatable bonds is 10. The van der Waals surface area contributed by atoms with Gasteiger partial charge in [-0.3, -0.25) is 9.59 Å². The molecule has 0 saturated carbocycles. The second-order valence-corrected chi connectivity index (χ2v) is 7.96. The first kappa shape index (κ1) is 23.4. The van der Waals surface area contributed by atoms with Crippen molar-refractivity contribution in [3.05, 3.63) is 90.0 Å². The standard InChI is InChI=1S/C26H27NO4S/c1-3-30-26(29)18-27(22-11-15-24(32-2)16-12-22)25(28)17-20-9-13-23(14-10-20)31-19-21-7-5-4-6-8-21/h4-16H,3,17-19H2,1-2H3. The van der Waals surface area contributed by atoms with Crippen molar-refractivity contribution < 1.29 is 19.1 Å². The van der Waals surface area contributed by atoms with Crippen LogP contribution in [0, 0.1) is 0 Å². The van der Waals surface area contributed by atoms with Crippen LogP contribution < -0.4 is 9.64 Å². The highest BCUT2D eigenvalue weighted by atomic mass is 32.2. The fourth-order valence-corrected chi connectivity index (χ4v) is 3.54. The molecule has 0 saturated heterocycles. The van der Waals surface area contributed by atoms with E-state index in [1.807, 2.05) is 85.1 Å². The third-order valence-electron chi connectivity index (χ3n) is 4.80. The maximum absolute atomic E-state index is 13.1. The van der Waals surface area contributed by atoms with Crippen LogP contribution >= 0.6 is 11.8 Å². The molecule has 0 aliphatic carbocycles. The van der Waals surface area contributed by atoms with Crippen LogP contribution in [0.5, 0.6) is 5.75 Å². The summed E-state index contributed by atoms with van der Waals surface area (Å²) in [6.45, 7) is 2.39. The van der Waals surface area contributed by atoms with Gasteiger partial charge >= 0.3 is 5.97 Å². The number of esters is 1. The van der Waals surface area contributed by atoms with Gasteiger partial charge in [-0.2, -0.15) is 0 Å². The molecule has 0 unspecified atom stereocenters. The van der Waals surface area contributed by atoms with Crippen LogP contribution in [0.1, 0.15) is 18.1 Å². The SMILES string of the molecule is CCOC(=O)CN(C(=O)Cc1ccc(OCc2ccccc2)cc1)c1ccc(SC)cc1. The summed E-state index contributed by atoms with van der Waals surface area (Å²) >= 11 is 1.62. The highest BCUT2D eigenvalue weighted by Gasteiger charge is 2.20. The summed E-state index contributed by atoms with van der Waals surface area (Å²) in [5, 5.41) is 0. The number of carbonyl (C=O) groups excluding carboxylic acids is 2. The second kappa shape index (κ2) is 12.0. The van der Waals surface area contributed by atoms with Crippen molar-refractivity contribution in [2.75, 3.05) is 24.3 Å². The van der Waals surface area contributed by atoms with Crippen LogP contribution in [0.4, 0.5) is 5.69 Å². The number of thioether (sulfide) groups is 1. The number of hydrogen-bond acceptors (Lipinski definition) is 5. The molecule has 0 fully saturated rings. The molecule has 0 aliphatic heterocycles. The molecule has 1 amide bonds. The molecule has 3 aromatic carbocycles. The first-order valence-electron chi connectivity index (χ1n) is 10.4. The third kappa shape index (κ3) is 6.89. The average molecular weight is 450 g/mol. The van der Waals surface area contributed by atoms with Crippen molar-refractivity contribution in [1.82, 2.24) is 0 Å². The van der Waals surface area contributed by atoms with E-state index in [1.54, 1.807) is 18.7 Å². The first-order chi connectivity index (χ1) is 15.6. The van der Waals surface area contributed by atoms with Gasteiger partial charge in [-0.15, -0.1) is 11.8 Å². The lowest BCUT2D eigenvalue weighted by Crippen LogP contribution is -2.37. The molecule has 5 nitrogen and oxygen atoms in total. The van der Waals surface area contributed by atoms with Gasteiger partial charge in [0.05, 0.1) is 13.0 Å². The molecule has 3 aromatic rings. The van der Waals surface area contributed by atoms with Crippen molar-refractivity contribution in [2.24, 2.45) is 0 Å². The molecule has 6 heteroatoms. The largest absolute Gasteiger partial charge is 0.489 e. The maximum Gasteiger partial charge on any atom is 0.326 e. The molecule has 3 rings (SSSR count). The van der Waals surface area contributed by atoms with Crippen LogP contribution in [-0.2, 0) is 27.4 Å². The number of amides is 1. The van der Waals surface area contributed by atoms with Crippen molar-refractivity contribution in [3.8, 4) is 5.75 Å². The quantitative estimate of drug-likeness (QED) is 0.317. The molecular formula is C26H27NO4S. The van der Waals surface area contributed by atoms with E-state index in [9.17, 15) is 9.59 Å². The van der Waals surface area contributed by atoms with E-state index in [2.05, 4.69) is 0 Å². The minimum absolute atomic E-state index is 0.121. The van der Waals surface area contributed by atoms with Crippen molar-refractivity contribution in [1.29, 1.82) is 0 Å². The molecule has 0 spiro atoms. The minimum Gasteiger partial charge on any atom is -0.489 e. The number of anilines is 1. The van der Waals surface area contributed by atoms with Crippen molar-refractivity contribution >= 4 is 29.3 Å². The van der Waals surface area contributed by atoms with Gasteiger partial charge in [0, 0.05) is 10.6 Å². The van der Waals surface area contributed by atoms with Crippen LogP contribution in [-0.4, -0.2) is 31.3 Å². The van der Waals surface area contributed by atoms with Crippen molar-refractivity contribution in [3.63, 3.8) is 0 Å². The molecule has 0 aliphatic rings. The predicted molar refractivity (Wildman–Crippen MR) is 128 cm³/mol. The van der Waals surface area contributed by atoms with Gasteiger partial charge in [-0.1, -0.05) is 42.5 Å². The molecule has 0 radical (unpaired) electrons. The van der Waals surface area contributed by atoms with E-state index in [1.165, 1.54) is 4.90 Å². The highest BCUT2D eigenvalue weighted by molar-refractivity contribution is 7.98. The smallest absolute Gasteiger partial charge is 0.326 e. The monoisotopic (exact) mass is 449 g/mol. The fourth-order valence-electron chi connectivity index (χ4n) is 3.14. The topological polar surface area (TPSA) is 55.8 Å². The Morgan fingerprint density at radius 2 is 1.56 bits per heavy atom. The summed E-state index contributed by atoms with van der Waals surface area (Å²) in [4.78, 5) is 27.7. The molecule has 166 valence electrons. The Balaban J connectivity index is 1.66. The average Bonchev–Trinajstić information content (AvgIpc) is 2.83. The van der Waals surface area contributed by atoms with Gasteiger partial charge in [0.15, 0.2) is 0 Å². The molecular weight excluding hydrogens is 422 g/mol. The number of nitrogens with zero attached hydrogens (tertiary/aromatic N) is 1. The molecule has 0 bridgehead atoms. The Labute approximate surface area is 193 Å². The first-order valence-corrected chi connectivity index (χ1v) is 11.7. The molecule has 0 N–H and O–H groups in total. The number of hydrogen-bond donors (Lipinski definition) is 0. The molecule has 0 aromatic heterocycles. The lowest BCUT2D eigenvalue weighted by atomic mass is 10.1. The van der Waals surface area contributed by atoms with Gasteiger partial charge in [0.1, 0.15) is 18.9 Å². The van der Waals surface area contributed by atoms with Crippen LogP contribution in [0.15, 0.2) is 83.8 Å². The predicted octanol–water partition coefficient (Wildman–Crippen LogP) is 5.13. The van der Waals surface area contributed by atoms with E-state index in [-0.39, 0.29) is 25.5 Å². The van der Waals surface area contributed by atoms with Crippen LogP contribution in [0.3, 0.4) is 0 Å². The Morgan fingerprint density at radius 1 is 0.875 bits per heavy atom. The zero-order valence-corrected chi connectivity index (χ0v) is 19.1. The summed E-state index contributed by atoms with van der Waals surface area (Å²) in [7, 11) is 0. The van der Waals surface area contributed by atoms with E-state index in [0.29, 0.717) is 12.3 Å². The Hall–Kier alpha value is -3.25. The van der Waals surface area contributed by atoms with Crippen molar-refractivity contribution in [2.45, 2.75) is 24.8 Å². The van der Waals surface area contributed by atoms with Gasteiger partial charge < -0.3 is 14.4 Å². The summed E-state index contributed by atoms with van der Waals surface area (Å²) in [6, 6.07) is 25.0. The van der Waals surface area contributed by atoms with E-state index < -0.39 is 5.97 Å². The van der Waals surface area contributed by atoms with Crippen LogP contribution in [0.25, 0.3) is 0 Å². The van der Waals surface area contributed by atoms with Gasteiger partial charge in [0.25, 0.3) is 0 Å². The van der Waals surface area contributed by atoms with Gasteiger partial charge in [-0.25, -0.2) is 0 Å². The summed E-state index contributed by atoms with van der Waals surface area (Å²) in [5.74, 6) is 0.133.